The Labute approximate surface area is 129 Å². The molecule has 0 spiro atoms. The van der Waals surface area contributed by atoms with Gasteiger partial charge in [-0.15, -0.1) is 0 Å². The van der Waals surface area contributed by atoms with Gasteiger partial charge in [-0.2, -0.15) is 0 Å². The molecule has 0 radical (unpaired) electrons. The molecule has 2 aromatic rings. The summed E-state index contributed by atoms with van der Waals surface area (Å²) in [7, 11) is 1.30. The number of halogens is 3. The van der Waals surface area contributed by atoms with Crippen molar-refractivity contribution in [2.75, 3.05) is 7.11 Å². The van der Waals surface area contributed by atoms with Gasteiger partial charge in [0.15, 0.2) is 0 Å². The lowest BCUT2D eigenvalue weighted by molar-refractivity contribution is -0.386. The normalized spacial score (nSPS) is 10.4. The van der Waals surface area contributed by atoms with Gasteiger partial charge in [0.1, 0.15) is 0 Å². The summed E-state index contributed by atoms with van der Waals surface area (Å²) in [5.41, 5.74) is 0.678. The smallest absolute Gasteiger partial charge is 0.330 e. The minimum absolute atomic E-state index is 0.102. The van der Waals surface area contributed by atoms with Gasteiger partial charge in [-0.05, 0) is 18.2 Å². The van der Waals surface area contributed by atoms with Crippen LogP contribution in [0.5, 0.6) is 5.88 Å². The highest BCUT2D eigenvalue weighted by molar-refractivity contribution is 6.49. The number of ether oxygens (including phenoxy) is 1. The summed E-state index contributed by atoms with van der Waals surface area (Å²) >= 11 is 17.9. The standard InChI is InChI=1S/C12H7Cl3N2O3/c1-20-12-9(17(18)19)5-4-8(16-12)6-2-3-7(13)11(15)10(6)14/h2-5H,1H3. The van der Waals surface area contributed by atoms with E-state index in [1.807, 2.05) is 0 Å². The molecule has 5 nitrogen and oxygen atoms in total. The van der Waals surface area contributed by atoms with Crippen LogP contribution in [0.4, 0.5) is 5.69 Å². The van der Waals surface area contributed by atoms with Crippen LogP contribution in [0.1, 0.15) is 0 Å². The lowest BCUT2D eigenvalue weighted by Crippen LogP contribution is -1.97. The number of hydrogen-bond donors (Lipinski definition) is 0. The monoisotopic (exact) mass is 332 g/mol. The molecule has 0 aliphatic carbocycles. The largest absolute Gasteiger partial charge is 0.476 e. The quantitative estimate of drug-likeness (QED) is 0.467. The highest BCUT2D eigenvalue weighted by Gasteiger charge is 2.19. The van der Waals surface area contributed by atoms with Crippen LogP contribution in [0.3, 0.4) is 0 Å². The van der Waals surface area contributed by atoms with Gasteiger partial charge < -0.3 is 4.74 Å². The third kappa shape index (κ3) is 2.65. The summed E-state index contributed by atoms with van der Waals surface area (Å²) in [6, 6.07) is 5.96. The first-order valence-corrected chi connectivity index (χ1v) is 6.42. The first-order valence-electron chi connectivity index (χ1n) is 5.29. The van der Waals surface area contributed by atoms with E-state index < -0.39 is 4.92 Å². The maximum atomic E-state index is 10.8. The number of aromatic nitrogens is 1. The minimum atomic E-state index is -0.577. The van der Waals surface area contributed by atoms with Crippen molar-refractivity contribution < 1.29 is 9.66 Å². The van der Waals surface area contributed by atoms with Crippen LogP contribution in [0.2, 0.25) is 15.1 Å². The first kappa shape index (κ1) is 14.8. The zero-order valence-corrected chi connectivity index (χ0v) is 12.3. The predicted molar refractivity (Wildman–Crippen MR) is 77.9 cm³/mol. The van der Waals surface area contributed by atoms with Gasteiger partial charge in [0, 0.05) is 11.6 Å². The van der Waals surface area contributed by atoms with E-state index in [0.29, 0.717) is 16.3 Å². The molecule has 104 valence electrons. The molecular formula is C12H7Cl3N2O3. The molecular weight excluding hydrogens is 327 g/mol. The van der Waals surface area contributed by atoms with Crippen LogP contribution < -0.4 is 4.74 Å². The molecule has 20 heavy (non-hydrogen) atoms. The maximum Gasteiger partial charge on any atom is 0.330 e. The Bertz CT molecular complexity index is 692. The van der Waals surface area contributed by atoms with Crippen LogP contribution in [-0.4, -0.2) is 17.0 Å². The summed E-state index contributed by atoms with van der Waals surface area (Å²) in [5, 5.41) is 11.6. The van der Waals surface area contributed by atoms with Crippen molar-refractivity contribution in [3.05, 3.63) is 49.4 Å². The van der Waals surface area contributed by atoms with Crippen molar-refractivity contribution in [1.29, 1.82) is 0 Å². The fraction of sp³-hybridized carbons (Fsp3) is 0.0833. The average Bonchev–Trinajstić information content (AvgIpc) is 2.44. The van der Waals surface area contributed by atoms with E-state index in [-0.39, 0.29) is 21.6 Å². The molecule has 0 saturated heterocycles. The summed E-state index contributed by atoms with van der Waals surface area (Å²) in [6.07, 6.45) is 0. The Balaban J connectivity index is 2.60. The van der Waals surface area contributed by atoms with E-state index in [0.717, 1.165) is 0 Å². The zero-order valence-electron chi connectivity index (χ0n) is 10.1. The second-order valence-corrected chi connectivity index (χ2v) is 4.87. The molecule has 0 atom stereocenters. The van der Waals surface area contributed by atoms with Crippen LogP contribution in [0.15, 0.2) is 24.3 Å². The Morgan fingerprint density at radius 3 is 2.45 bits per heavy atom. The second kappa shape index (κ2) is 5.83. The summed E-state index contributed by atoms with van der Waals surface area (Å²) in [6.45, 7) is 0. The van der Waals surface area contributed by atoms with Gasteiger partial charge in [-0.1, -0.05) is 34.8 Å². The molecule has 0 fully saturated rings. The number of pyridine rings is 1. The van der Waals surface area contributed by atoms with E-state index in [1.54, 1.807) is 12.1 Å². The number of methoxy groups -OCH3 is 1. The van der Waals surface area contributed by atoms with Crippen molar-refractivity contribution in [3.63, 3.8) is 0 Å². The fourth-order valence-electron chi connectivity index (χ4n) is 1.60. The Morgan fingerprint density at radius 2 is 1.85 bits per heavy atom. The second-order valence-electron chi connectivity index (χ2n) is 3.70. The Kier molecular flexibility index (Phi) is 4.32. The van der Waals surface area contributed by atoms with Crippen LogP contribution in [0, 0.1) is 10.1 Å². The van der Waals surface area contributed by atoms with Crippen molar-refractivity contribution >= 4 is 40.5 Å². The molecule has 0 saturated carbocycles. The van der Waals surface area contributed by atoms with Crippen LogP contribution >= 0.6 is 34.8 Å². The minimum Gasteiger partial charge on any atom is -0.476 e. The van der Waals surface area contributed by atoms with Gasteiger partial charge in [0.25, 0.3) is 5.88 Å². The molecule has 0 aliphatic heterocycles. The molecule has 0 bridgehead atoms. The van der Waals surface area contributed by atoms with Gasteiger partial charge in [0.05, 0.1) is 32.8 Å². The summed E-state index contributed by atoms with van der Waals surface area (Å²) < 4.78 is 4.91. The van der Waals surface area contributed by atoms with Gasteiger partial charge in [-0.3, -0.25) is 10.1 Å². The molecule has 0 aliphatic rings. The lowest BCUT2D eigenvalue weighted by atomic mass is 10.1. The molecule has 1 aromatic carbocycles. The Morgan fingerprint density at radius 1 is 1.15 bits per heavy atom. The molecule has 1 heterocycles. The molecule has 2 rings (SSSR count). The lowest BCUT2D eigenvalue weighted by Gasteiger charge is -2.08. The molecule has 0 unspecified atom stereocenters. The number of nitro groups is 1. The van der Waals surface area contributed by atoms with E-state index in [1.165, 1.54) is 19.2 Å². The van der Waals surface area contributed by atoms with Crippen molar-refractivity contribution in [2.24, 2.45) is 0 Å². The number of hydrogen-bond acceptors (Lipinski definition) is 4. The third-order valence-corrected chi connectivity index (χ3v) is 3.83. The van der Waals surface area contributed by atoms with Gasteiger partial charge >= 0.3 is 5.69 Å². The SMILES string of the molecule is COc1nc(-c2ccc(Cl)c(Cl)c2Cl)ccc1[N+](=O)[O-]. The summed E-state index contributed by atoms with van der Waals surface area (Å²) in [5.74, 6) is -0.102. The van der Waals surface area contributed by atoms with Gasteiger partial charge in [-0.25, -0.2) is 4.98 Å². The molecule has 0 N–H and O–H groups in total. The first-order chi connectivity index (χ1) is 9.45. The zero-order chi connectivity index (χ0) is 14.9. The maximum absolute atomic E-state index is 10.8. The third-order valence-electron chi connectivity index (χ3n) is 2.54. The van der Waals surface area contributed by atoms with E-state index in [4.69, 9.17) is 39.5 Å². The van der Waals surface area contributed by atoms with Crippen LogP contribution in [-0.2, 0) is 0 Å². The van der Waals surface area contributed by atoms with E-state index in [2.05, 4.69) is 4.98 Å². The number of benzene rings is 1. The number of rotatable bonds is 3. The molecule has 8 heteroatoms. The van der Waals surface area contributed by atoms with Gasteiger partial charge in [0.2, 0.25) is 0 Å². The van der Waals surface area contributed by atoms with E-state index >= 15 is 0 Å². The fourth-order valence-corrected chi connectivity index (χ4v) is 2.23. The highest BCUT2D eigenvalue weighted by Crippen LogP contribution is 2.38. The predicted octanol–water partition coefficient (Wildman–Crippen LogP) is 4.63. The summed E-state index contributed by atoms with van der Waals surface area (Å²) in [4.78, 5) is 14.3. The molecule has 1 aromatic heterocycles. The average molecular weight is 334 g/mol. The van der Waals surface area contributed by atoms with E-state index in [9.17, 15) is 10.1 Å². The Hall–Kier alpha value is -1.56. The number of nitrogens with zero attached hydrogens (tertiary/aromatic N) is 2. The molecule has 0 amide bonds. The van der Waals surface area contributed by atoms with Crippen LogP contribution in [0.25, 0.3) is 11.3 Å². The van der Waals surface area contributed by atoms with Crippen molar-refractivity contribution in [2.45, 2.75) is 0 Å². The van der Waals surface area contributed by atoms with Crippen molar-refractivity contribution in [1.82, 2.24) is 4.98 Å². The van der Waals surface area contributed by atoms with Crippen molar-refractivity contribution in [3.8, 4) is 17.1 Å². The topological polar surface area (TPSA) is 65.3 Å². The highest BCUT2D eigenvalue weighted by atomic mass is 35.5.